The molecule has 1 N–H and O–H groups in total. The second kappa shape index (κ2) is 8.14. The smallest absolute Gasteiger partial charge is 0.303 e. The van der Waals surface area contributed by atoms with Crippen molar-refractivity contribution in [3.05, 3.63) is 70.2 Å². The monoisotopic (exact) mass is 411 g/mol. The molecule has 0 spiro atoms. The third kappa shape index (κ3) is 5.33. The number of thioether (sulfide) groups is 1. The van der Waals surface area contributed by atoms with Crippen molar-refractivity contribution < 1.29 is 18.0 Å². The molecule has 2 aromatic rings. The number of carbonyl (C=O) groups is 1. The Hall–Kier alpha value is -2.32. The molecular formula is C18H13ClF3N3OS. The summed E-state index contributed by atoms with van der Waals surface area (Å²) in [6, 6.07) is 11.9. The van der Waals surface area contributed by atoms with Gasteiger partial charge < -0.3 is 5.32 Å². The van der Waals surface area contributed by atoms with Crippen LogP contribution in [0.3, 0.4) is 0 Å². The molecule has 1 aliphatic heterocycles. The molecule has 1 fully saturated rings. The van der Waals surface area contributed by atoms with E-state index in [0.717, 1.165) is 29.5 Å². The van der Waals surface area contributed by atoms with Crippen LogP contribution in [0.2, 0.25) is 5.02 Å². The minimum absolute atomic E-state index is 0.167. The third-order valence-corrected chi connectivity index (χ3v) is 5.00. The van der Waals surface area contributed by atoms with Crippen LogP contribution < -0.4 is 5.32 Å². The Balaban J connectivity index is 1.64. The van der Waals surface area contributed by atoms with E-state index in [9.17, 15) is 18.0 Å². The summed E-state index contributed by atoms with van der Waals surface area (Å²) >= 11 is 6.94. The van der Waals surface area contributed by atoms with Crippen LogP contribution in [0.1, 0.15) is 16.7 Å². The summed E-state index contributed by atoms with van der Waals surface area (Å²) in [5.74, 6) is -0.308. The lowest BCUT2D eigenvalue weighted by molar-refractivity contribution is -0.137. The Morgan fingerprint density at radius 2 is 1.93 bits per heavy atom. The maximum Gasteiger partial charge on any atom is 0.416 e. The van der Waals surface area contributed by atoms with Gasteiger partial charge in [0.1, 0.15) is 0 Å². The summed E-state index contributed by atoms with van der Waals surface area (Å²) in [5.41, 5.74) is 0.492. The topological polar surface area (TPSA) is 53.8 Å². The van der Waals surface area contributed by atoms with Crippen molar-refractivity contribution >= 4 is 40.7 Å². The van der Waals surface area contributed by atoms with Gasteiger partial charge in [0.05, 0.1) is 17.0 Å². The largest absolute Gasteiger partial charge is 0.416 e. The Morgan fingerprint density at radius 3 is 2.63 bits per heavy atom. The van der Waals surface area contributed by atoms with Crippen molar-refractivity contribution in [3.8, 4) is 0 Å². The van der Waals surface area contributed by atoms with Gasteiger partial charge in [-0.15, -0.1) is 5.10 Å². The fraction of sp³-hybridized carbons (Fsp3) is 0.167. The van der Waals surface area contributed by atoms with E-state index in [4.69, 9.17) is 11.6 Å². The number of halogens is 4. The van der Waals surface area contributed by atoms with Crippen LogP contribution in [0.4, 0.5) is 13.2 Å². The zero-order chi connectivity index (χ0) is 19.4. The van der Waals surface area contributed by atoms with Crippen LogP contribution in [0.5, 0.6) is 0 Å². The zero-order valence-electron chi connectivity index (χ0n) is 13.7. The highest BCUT2D eigenvalue weighted by atomic mass is 35.5. The quantitative estimate of drug-likeness (QED) is 0.594. The van der Waals surface area contributed by atoms with Crippen molar-refractivity contribution in [3.63, 3.8) is 0 Å². The lowest BCUT2D eigenvalue weighted by Gasteiger charge is -2.10. The standard InChI is InChI=1S/C18H13ClF3N3OS/c19-14-6-4-11(5-7-14)10-23-25-17-24-16(26)15(27-17)9-12-2-1-3-13(8-12)18(20,21)22/h1-8,10,15H,9H2,(H,24,25,26). The Bertz CT molecular complexity index is 897. The number of amides is 1. The normalized spacial score (nSPS) is 19.0. The molecule has 1 aliphatic rings. The fourth-order valence-electron chi connectivity index (χ4n) is 2.37. The molecule has 1 atom stereocenters. The molecule has 140 valence electrons. The van der Waals surface area contributed by atoms with Gasteiger partial charge in [-0.1, -0.05) is 53.7 Å². The van der Waals surface area contributed by atoms with Gasteiger partial charge in [-0.05, 0) is 35.7 Å². The second-order valence-corrected chi connectivity index (χ2v) is 7.33. The maximum atomic E-state index is 12.8. The summed E-state index contributed by atoms with van der Waals surface area (Å²) in [7, 11) is 0. The average molecular weight is 412 g/mol. The molecular weight excluding hydrogens is 399 g/mol. The number of benzene rings is 2. The summed E-state index contributed by atoms with van der Waals surface area (Å²) < 4.78 is 38.4. The Labute approximate surface area is 162 Å². The number of carbonyl (C=O) groups excluding carboxylic acids is 1. The molecule has 27 heavy (non-hydrogen) atoms. The number of nitrogens with one attached hydrogen (secondary N) is 1. The summed E-state index contributed by atoms with van der Waals surface area (Å²) in [5, 5.41) is 10.8. The molecule has 2 aromatic carbocycles. The van der Waals surface area contributed by atoms with Crippen LogP contribution in [0.15, 0.2) is 58.7 Å². The molecule has 1 heterocycles. The summed E-state index contributed by atoms with van der Waals surface area (Å²) in [6.45, 7) is 0. The molecule has 0 aliphatic carbocycles. The fourth-order valence-corrected chi connectivity index (χ4v) is 3.46. The Morgan fingerprint density at radius 1 is 1.19 bits per heavy atom. The first-order chi connectivity index (χ1) is 12.8. The van der Waals surface area contributed by atoms with E-state index in [1.807, 2.05) is 0 Å². The van der Waals surface area contributed by atoms with Crippen molar-refractivity contribution in [1.29, 1.82) is 0 Å². The number of hydrogen-bond donors (Lipinski definition) is 1. The van der Waals surface area contributed by atoms with Crippen LogP contribution in [-0.2, 0) is 17.4 Å². The SMILES string of the molecule is O=C1N/C(=N\N=Cc2ccc(Cl)cc2)SC1Cc1cccc(C(F)(F)F)c1. The van der Waals surface area contributed by atoms with E-state index in [1.54, 1.807) is 30.3 Å². The van der Waals surface area contributed by atoms with Crippen molar-refractivity contribution in [2.45, 2.75) is 17.8 Å². The number of alkyl halides is 3. The van der Waals surface area contributed by atoms with Crippen LogP contribution in [0.25, 0.3) is 0 Å². The molecule has 1 saturated heterocycles. The van der Waals surface area contributed by atoms with Crippen LogP contribution in [0, 0.1) is 0 Å². The highest BCUT2D eigenvalue weighted by molar-refractivity contribution is 8.15. The van der Waals surface area contributed by atoms with E-state index in [-0.39, 0.29) is 12.3 Å². The number of rotatable bonds is 4. The zero-order valence-corrected chi connectivity index (χ0v) is 15.3. The van der Waals surface area contributed by atoms with Crippen molar-refractivity contribution in [1.82, 2.24) is 5.32 Å². The molecule has 0 saturated carbocycles. The minimum Gasteiger partial charge on any atom is -0.303 e. The summed E-state index contributed by atoms with van der Waals surface area (Å²) in [4.78, 5) is 12.0. The van der Waals surface area contributed by atoms with Gasteiger partial charge in [-0.2, -0.15) is 18.3 Å². The molecule has 9 heteroatoms. The third-order valence-electron chi connectivity index (χ3n) is 3.68. The molecule has 0 radical (unpaired) electrons. The lowest BCUT2D eigenvalue weighted by atomic mass is 10.1. The van der Waals surface area contributed by atoms with Gasteiger partial charge in [0.25, 0.3) is 0 Å². The van der Waals surface area contributed by atoms with Gasteiger partial charge in [-0.3, -0.25) is 4.79 Å². The first-order valence-electron chi connectivity index (χ1n) is 7.81. The lowest BCUT2D eigenvalue weighted by Crippen LogP contribution is -2.26. The molecule has 0 aromatic heterocycles. The van der Waals surface area contributed by atoms with Gasteiger partial charge in [0.2, 0.25) is 5.91 Å². The number of nitrogens with zero attached hydrogens (tertiary/aromatic N) is 2. The van der Waals surface area contributed by atoms with Crippen molar-refractivity contribution in [2.75, 3.05) is 0 Å². The summed E-state index contributed by atoms with van der Waals surface area (Å²) in [6.07, 6.45) is -2.74. The average Bonchev–Trinajstić information content (AvgIpc) is 2.96. The van der Waals surface area contributed by atoms with E-state index in [0.29, 0.717) is 15.8 Å². The van der Waals surface area contributed by atoms with Gasteiger partial charge >= 0.3 is 6.18 Å². The first-order valence-corrected chi connectivity index (χ1v) is 9.07. The van der Waals surface area contributed by atoms with Gasteiger partial charge in [-0.25, -0.2) is 0 Å². The highest BCUT2D eigenvalue weighted by Crippen LogP contribution is 2.31. The second-order valence-electron chi connectivity index (χ2n) is 5.70. The van der Waals surface area contributed by atoms with E-state index in [1.165, 1.54) is 12.3 Å². The highest BCUT2D eigenvalue weighted by Gasteiger charge is 2.33. The molecule has 1 amide bonds. The van der Waals surface area contributed by atoms with E-state index < -0.39 is 17.0 Å². The maximum absolute atomic E-state index is 12.8. The van der Waals surface area contributed by atoms with Gasteiger partial charge in [0.15, 0.2) is 5.17 Å². The molecule has 1 unspecified atom stereocenters. The van der Waals surface area contributed by atoms with E-state index >= 15 is 0 Å². The predicted molar refractivity (Wildman–Crippen MR) is 101 cm³/mol. The minimum atomic E-state index is -4.41. The number of hydrogen-bond acceptors (Lipinski definition) is 4. The Kier molecular flexibility index (Phi) is 5.86. The van der Waals surface area contributed by atoms with Crippen LogP contribution >= 0.6 is 23.4 Å². The van der Waals surface area contributed by atoms with Gasteiger partial charge in [0, 0.05) is 5.02 Å². The van der Waals surface area contributed by atoms with Crippen LogP contribution in [-0.4, -0.2) is 22.5 Å². The molecule has 0 bridgehead atoms. The predicted octanol–water partition coefficient (Wildman–Crippen LogP) is 4.52. The number of amidine groups is 1. The van der Waals surface area contributed by atoms with E-state index in [2.05, 4.69) is 15.5 Å². The first kappa shape index (κ1) is 19.4. The van der Waals surface area contributed by atoms with Crippen molar-refractivity contribution in [2.24, 2.45) is 10.2 Å². The molecule has 4 nitrogen and oxygen atoms in total. The molecule has 3 rings (SSSR count).